The fraction of sp³-hybridized carbons (Fsp3) is 0.500. The second-order valence-electron chi connectivity index (χ2n) is 4.09. The van der Waals surface area contributed by atoms with E-state index in [1.807, 2.05) is 13.0 Å². The Balaban J connectivity index is 2.67. The third-order valence-electron chi connectivity index (χ3n) is 2.74. The lowest BCUT2D eigenvalue weighted by Crippen LogP contribution is -2.39. The quantitative estimate of drug-likeness (QED) is 0.627. The van der Waals surface area contributed by atoms with Gasteiger partial charge in [-0.05, 0) is 37.5 Å². The van der Waals surface area contributed by atoms with Crippen LogP contribution >= 0.6 is 15.9 Å². The van der Waals surface area contributed by atoms with Crippen LogP contribution < -0.4 is 11.3 Å². The molecule has 2 unspecified atom stereocenters. The van der Waals surface area contributed by atoms with Gasteiger partial charge in [0, 0.05) is 17.6 Å². The molecule has 1 aromatic carbocycles. The molecule has 5 heteroatoms. The van der Waals surface area contributed by atoms with Crippen LogP contribution in [-0.4, -0.2) is 19.3 Å². The van der Waals surface area contributed by atoms with E-state index < -0.39 is 0 Å². The molecule has 1 aromatic rings. The topological polar surface area (TPSA) is 47.3 Å². The number of nitrogens with two attached hydrogens (primary N) is 1. The van der Waals surface area contributed by atoms with Gasteiger partial charge in [-0.3, -0.25) is 11.3 Å². The maximum absolute atomic E-state index is 13.6. The molecule has 0 spiro atoms. The van der Waals surface area contributed by atoms with Crippen molar-refractivity contribution in [2.75, 3.05) is 7.11 Å². The molecule has 17 heavy (non-hydrogen) atoms. The summed E-state index contributed by atoms with van der Waals surface area (Å²) in [4.78, 5) is 0. The predicted octanol–water partition coefficient (Wildman–Crippen LogP) is 2.39. The van der Waals surface area contributed by atoms with Gasteiger partial charge in [0.25, 0.3) is 0 Å². The molecular weight excluding hydrogens is 287 g/mol. The molecule has 0 heterocycles. The average molecular weight is 305 g/mol. The number of hydrazine groups is 1. The molecule has 3 nitrogen and oxygen atoms in total. The number of benzene rings is 1. The number of halogens is 2. The van der Waals surface area contributed by atoms with Crippen molar-refractivity contribution >= 4 is 15.9 Å². The average Bonchev–Trinajstić information content (AvgIpc) is 2.31. The van der Waals surface area contributed by atoms with Crippen molar-refractivity contribution in [1.29, 1.82) is 0 Å². The van der Waals surface area contributed by atoms with Crippen LogP contribution in [0.3, 0.4) is 0 Å². The Morgan fingerprint density at radius 1 is 1.53 bits per heavy atom. The molecule has 96 valence electrons. The lowest BCUT2D eigenvalue weighted by atomic mass is 10.0. The molecule has 0 radical (unpaired) electrons. The highest BCUT2D eigenvalue weighted by molar-refractivity contribution is 9.10. The van der Waals surface area contributed by atoms with E-state index in [-0.39, 0.29) is 18.0 Å². The van der Waals surface area contributed by atoms with Gasteiger partial charge in [0.1, 0.15) is 5.82 Å². The van der Waals surface area contributed by atoms with Crippen molar-refractivity contribution in [3.8, 4) is 0 Å². The summed E-state index contributed by atoms with van der Waals surface area (Å²) in [5.74, 6) is 5.25. The van der Waals surface area contributed by atoms with Crippen LogP contribution in [0.5, 0.6) is 0 Å². The Morgan fingerprint density at radius 2 is 2.24 bits per heavy atom. The lowest BCUT2D eigenvalue weighted by Gasteiger charge is -2.19. The Hall–Kier alpha value is -0.490. The van der Waals surface area contributed by atoms with E-state index in [4.69, 9.17) is 10.6 Å². The third-order valence-corrected chi connectivity index (χ3v) is 3.23. The highest BCUT2D eigenvalue weighted by Crippen LogP contribution is 2.17. The molecule has 0 bridgehead atoms. The number of hydrogen-bond donors (Lipinski definition) is 2. The first-order valence-corrected chi connectivity index (χ1v) is 6.29. The highest BCUT2D eigenvalue weighted by atomic mass is 79.9. The van der Waals surface area contributed by atoms with E-state index in [0.29, 0.717) is 12.0 Å². The lowest BCUT2D eigenvalue weighted by molar-refractivity contribution is 0.100. The van der Waals surface area contributed by atoms with E-state index in [1.165, 1.54) is 6.07 Å². The van der Waals surface area contributed by atoms with Gasteiger partial charge in [-0.2, -0.15) is 0 Å². The number of nitrogens with one attached hydrogen (secondary N) is 1. The van der Waals surface area contributed by atoms with Crippen LogP contribution in [0, 0.1) is 5.82 Å². The Kier molecular flexibility index (Phi) is 6.05. The summed E-state index contributed by atoms with van der Waals surface area (Å²) in [6.45, 7) is 1.96. The van der Waals surface area contributed by atoms with E-state index in [0.717, 1.165) is 10.9 Å². The second-order valence-corrected chi connectivity index (χ2v) is 5.00. The minimum Gasteiger partial charge on any atom is -0.382 e. The third kappa shape index (κ3) is 4.71. The summed E-state index contributed by atoms with van der Waals surface area (Å²) in [7, 11) is 1.65. The molecule has 3 N–H and O–H groups in total. The Labute approximate surface area is 110 Å². The Morgan fingerprint density at radius 3 is 2.76 bits per heavy atom. The van der Waals surface area contributed by atoms with Gasteiger partial charge in [-0.15, -0.1) is 0 Å². The number of hydrogen-bond acceptors (Lipinski definition) is 3. The molecule has 2 atom stereocenters. The van der Waals surface area contributed by atoms with Crippen molar-refractivity contribution in [1.82, 2.24) is 5.43 Å². The first-order valence-electron chi connectivity index (χ1n) is 5.49. The van der Waals surface area contributed by atoms with Gasteiger partial charge in [-0.1, -0.05) is 22.0 Å². The van der Waals surface area contributed by atoms with Crippen molar-refractivity contribution in [3.63, 3.8) is 0 Å². The van der Waals surface area contributed by atoms with E-state index in [2.05, 4.69) is 21.4 Å². The predicted molar refractivity (Wildman–Crippen MR) is 70.0 cm³/mol. The van der Waals surface area contributed by atoms with Gasteiger partial charge in [0.2, 0.25) is 0 Å². The fourth-order valence-electron chi connectivity index (χ4n) is 1.66. The second kappa shape index (κ2) is 7.06. The zero-order valence-corrected chi connectivity index (χ0v) is 11.6. The Bertz CT molecular complexity index is 362. The zero-order chi connectivity index (χ0) is 12.8. The van der Waals surface area contributed by atoms with Crippen molar-refractivity contribution < 1.29 is 9.13 Å². The van der Waals surface area contributed by atoms with Gasteiger partial charge < -0.3 is 4.74 Å². The van der Waals surface area contributed by atoms with E-state index in [9.17, 15) is 4.39 Å². The van der Waals surface area contributed by atoms with Gasteiger partial charge in [0.15, 0.2) is 0 Å². The summed E-state index contributed by atoms with van der Waals surface area (Å²) >= 11 is 3.23. The van der Waals surface area contributed by atoms with Crippen molar-refractivity contribution in [2.24, 2.45) is 5.84 Å². The van der Waals surface area contributed by atoms with Crippen LogP contribution in [0.1, 0.15) is 18.9 Å². The van der Waals surface area contributed by atoms with Crippen LogP contribution in [0.4, 0.5) is 4.39 Å². The highest BCUT2D eigenvalue weighted by Gasteiger charge is 2.14. The number of rotatable bonds is 6. The van der Waals surface area contributed by atoms with Gasteiger partial charge in [-0.25, -0.2) is 4.39 Å². The molecule has 0 aliphatic carbocycles. The molecular formula is C12H18BrFN2O. The molecule has 0 saturated heterocycles. The molecule has 0 saturated carbocycles. The molecule has 0 fully saturated rings. The van der Waals surface area contributed by atoms with Gasteiger partial charge >= 0.3 is 0 Å². The van der Waals surface area contributed by atoms with E-state index in [1.54, 1.807) is 13.2 Å². The van der Waals surface area contributed by atoms with Crippen molar-refractivity contribution in [2.45, 2.75) is 31.9 Å². The normalized spacial score (nSPS) is 14.6. The summed E-state index contributed by atoms with van der Waals surface area (Å²) in [6, 6.07) is 5.05. The SMILES string of the molecule is COC(C)CC(Cc1ccc(Br)cc1F)NN. The van der Waals surface area contributed by atoms with Crippen LogP contribution in [-0.2, 0) is 11.2 Å². The molecule has 0 aromatic heterocycles. The van der Waals surface area contributed by atoms with Crippen LogP contribution in [0.15, 0.2) is 22.7 Å². The largest absolute Gasteiger partial charge is 0.382 e. The summed E-state index contributed by atoms with van der Waals surface area (Å²) in [6.07, 6.45) is 1.38. The first kappa shape index (κ1) is 14.6. The molecule has 1 rings (SSSR count). The van der Waals surface area contributed by atoms with Crippen LogP contribution in [0.25, 0.3) is 0 Å². The monoisotopic (exact) mass is 304 g/mol. The maximum atomic E-state index is 13.6. The summed E-state index contributed by atoms with van der Waals surface area (Å²) in [5.41, 5.74) is 3.35. The summed E-state index contributed by atoms with van der Waals surface area (Å²) in [5, 5.41) is 0. The zero-order valence-electron chi connectivity index (χ0n) is 10.0. The first-order chi connectivity index (χ1) is 8.06. The summed E-state index contributed by atoms with van der Waals surface area (Å²) < 4.78 is 19.5. The number of methoxy groups -OCH3 is 1. The van der Waals surface area contributed by atoms with Crippen LogP contribution in [0.2, 0.25) is 0 Å². The fourth-order valence-corrected chi connectivity index (χ4v) is 1.99. The minimum atomic E-state index is -0.218. The standard InChI is InChI=1S/C12H18BrFN2O/c1-8(17-2)5-11(16-15)6-9-3-4-10(13)7-12(9)14/h3-4,7-8,11,16H,5-6,15H2,1-2H3. The number of ether oxygens (including phenoxy) is 1. The molecule has 0 aliphatic rings. The van der Waals surface area contributed by atoms with E-state index >= 15 is 0 Å². The molecule has 0 amide bonds. The maximum Gasteiger partial charge on any atom is 0.127 e. The van der Waals surface area contributed by atoms with Crippen molar-refractivity contribution in [3.05, 3.63) is 34.1 Å². The van der Waals surface area contributed by atoms with Gasteiger partial charge in [0.05, 0.1) is 6.10 Å². The smallest absolute Gasteiger partial charge is 0.127 e. The molecule has 0 aliphatic heterocycles. The minimum absolute atomic E-state index is 0.000579.